The molecule has 5 heteroatoms. The van der Waals surface area contributed by atoms with Gasteiger partial charge in [0.25, 0.3) is 0 Å². The largest absolute Gasteiger partial charge is 0.409 e. The van der Waals surface area contributed by atoms with Crippen molar-refractivity contribution >= 4 is 11.7 Å². The molecule has 21 heavy (non-hydrogen) atoms. The molecule has 5 nitrogen and oxygen atoms in total. The molecule has 0 aromatic heterocycles. The molecule has 0 saturated heterocycles. The van der Waals surface area contributed by atoms with Crippen LogP contribution in [0.3, 0.4) is 0 Å². The summed E-state index contributed by atoms with van der Waals surface area (Å²) >= 11 is 0. The van der Waals surface area contributed by atoms with E-state index in [9.17, 15) is 4.79 Å². The number of hydrogen-bond acceptors (Lipinski definition) is 3. The maximum absolute atomic E-state index is 12.4. The number of amidine groups is 1. The van der Waals surface area contributed by atoms with Crippen molar-refractivity contribution in [3.05, 3.63) is 35.9 Å². The Bertz CT molecular complexity index is 472. The molecule has 1 aromatic rings. The third-order valence-corrected chi connectivity index (χ3v) is 3.64. The second-order valence-electron chi connectivity index (χ2n) is 5.53. The van der Waals surface area contributed by atoms with Crippen molar-refractivity contribution in [2.75, 3.05) is 0 Å². The van der Waals surface area contributed by atoms with Gasteiger partial charge in [0, 0.05) is 6.04 Å². The highest BCUT2D eigenvalue weighted by Gasteiger charge is 2.26. The third kappa shape index (κ3) is 5.10. The summed E-state index contributed by atoms with van der Waals surface area (Å²) in [6, 6.07) is 9.64. The Labute approximate surface area is 126 Å². The average Bonchev–Trinajstić information content (AvgIpc) is 2.49. The van der Waals surface area contributed by atoms with Crippen LogP contribution in [0.2, 0.25) is 0 Å². The zero-order valence-electron chi connectivity index (χ0n) is 12.9. The van der Waals surface area contributed by atoms with Gasteiger partial charge in [-0.2, -0.15) is 0 Å². The smallest absolute Gasteiger partial charge is 0.231 e. The fourth-order valence-corrected chi connectivity index (χ4v) is 2.27. The summed E-state index contributed by atoms with van der Waals surface area (Å²) in [5.41, 5.74) is 6.67. The number of hydrogen-bond donors (Lipinski definition) is 3. The molecule has 1 amide bonds. The predicted molar refractivity (Wildman–Crippen MR) is 84.1 cm³/mol. The lowest BCUT2D eigenvalue weighted by atomic mass is 9.95. The molecule has 2 unspecified atom stereocenters. The van der Waals surface area contributed by atoms with Crippen LogP contribution in [-0.4, -0.2) is 23.0 Å². The van der Waals surface area contributed by atoms with Gasteiger partial charge in [-0.1, -0.05) is 56.3 Å². The molecule has 0 spiro atoms. The highest BCUT2D eigenvalue weighted by molar-refractivity contribution is 6.02. The Morgan fingerprint density at radius 2 is 1.95 bits per heavy atom. The van der Waals surface area contributed by atoms with Crippen molar-refractivity contribution in [2.45, 2.75) is 39.7 Å². The van der Waals surface area contributed by atoms with E-state index in [2.05, 4.69) is 24.3 Å². The van der Waals surface area contributed by atoms with E-state index in [-0.39, 0.29) is 17.8 Å². The summed E-state index contributed by atoms with van der Waals surface area (Å²) in [5.74, 6) is -0.585. The van der Waals surface area contributed by atoms with E-state index in [1.54, 1.807) is 0 Å². The van der Waals surface area contributed by atoms with Crippen molar-refractivity contribution in [1.29, 1.82) is 0 Å². The van der Waals surface area contributed by atoms with Gasteiger partial charge in [-0.15, -0.1) is 0 Å². The Morgan fingerprint density at radius 3 is 2.43 bits per heavy atom. The summed E-state index contributed by atoms with van der Waals surface area (Å²) in [5, 5.41) is 14.9. The molecule has 0 radical (unpaired) electrons. The van der Waals surface area contributed by atoms with Crippen LogP contribution < -0.4 is 11.1 Å². The van der Waals surface area contributed by atoms with Gasteiger partial charge in [-0.3, -0.25) is 4.79 Å². The molecule has 0 aliphatic rings. The van der Waals surface area contributed by atoms with Gasteiger partial charge in [0.15, 0.2) is 5.84 Å². The van der Waals surface area contributed by atoms with Crippen LogP contribution in [0.15, 0.2) is 35.5 Å². The number of nitrogens with two attached hydrogens (primary N) is 1. The number of benzene rings is 1. The van der Waals surface area contributed by atoms with Crippen molar-refractivity contribution in [1.82, 2.24) is 5.32 Å². The molecule has 2 atom stereocenters. The number of oxime groups is 1. The third-order valence-electron chi connectivity index (χ3n) is 3.64. The Morgan fingerprint density at radius 1 is 1.33 bits per heavy atom. The van der Waals surface area contributed by atoms with Gasteiger partial charge in [0.2, 0.25) is 5.91 Å². The molecule has 0 aliphatic carbocycles. The van der Waals surface area contributed by atoms with Crippen molar-refractivity contribution in [3.63, 3.8) is 0 Å². The van der Waals surface area contributed by atoms with Crippen LogP contribution in [0.25, 0.3) is 0 Å². The lowest BCUT2D eigenvalue weighted by Crippen LogP contribution is -2.46. The molecule has 0 aliphatic heterocycles. The predicted octanol–water partition coefficient (Wildman–Crippen LogP) is 2.14. The fourth-order valence-electron chi connectivity index (χ4n) is 2.27. The second kappa shape index (κ2) is 8.29. The van der Waals surface area contributed by atoms with Gasteiger partial charge in [0.05, 0.1) is 0 Å². The fraction of sp³-hybridized carbons (Fsp3) is 0.500. The average molecular weight is 291 g/mol. The van der Waals surface area contributed by atoms with Gasteiger partial charge in [0.1, 0.15) is 5.92 Å². The SMILES string of the molecule is CCC(NC(=O)C(Cc1ccccc1)C(N)=NO)C(C)C. The van der Waals surface area contributed by atoms with E-state index in [4.69, 9.17) is 10.9 Å². The monoisotopic (exact) mass is 291 g/mol. The lowest BCUT2D eigenvalue weighted by Gasteiger charge is -2.24. The summed E-state index contributed by atoms with van der Waals surface area (Å²) in [6.07, 6.45) is 1.26. The van der Waals surface area contributed by atoms with Crippen LogP contribution in [-0.2, 0) is 11.2 Å². The first-order valence-corrected chi connectivity index (χ1v) is 7.31. The van der Waals surface area contributed by atoms with E-state index in [0.29, 0.717) is 12.3 Å². The van der Waals surface area contributed by atoms with E-state index in [0.717, 1.165) is 12.0 Å². The van der Waals surface area contributed by atoms with Gasteiger partial charge in [-0.05, 0) is 24.3 Å². The molecule has 1 aromatic carbocycles. The van der Waals surface area contributed by atoms with E-state index < -0.39 is 5.92 Å². The number of nitrogens with one attached hydrogen (secondary N) is 1. The van der Waals surface area contributed by atoms with Crippen LogP contribution in [0.4, 0.5) is 0 Å². The summed E-state index contributed by atoms with van der Waals surface area (Å²) < 4.78 is 0. The molecule has 0 fully saturated rings. The topological polar surface area (TPSA) is 87.7 Å². The molecule has 0 heterocycles. The minimum Gasteiger partial charge on any atom is -0.409 e. The van der Waals surface area contributed by atoms with Crippen LogP contribution in [0, 0.1) is 11.8 Å². The molecular formula is C16H25N3O2. The van der Waals surface area contributed by atoms with Crippen molar-refractivity contribution < 1.29 is 10.0 Å². The summed E-state index contributed by atoms with van der Waals surface area (Å²) in [7, 11) is 0. The minimum atomic E-state index is -0.662. The molecule has 116 valence electrons. The Kier molecular flexibility index (Phi) is 6.72. The highest BCUT2D eigenvalue weighted by Crippen LogP contribution is 2.12. The lowest BCUT2D eigenvalue weighted by molar-refractivity contribution is -0.124. The number of carbonyl (C=O) groups excluding carboxylic acids is 1. The molecule has 0 bridgehead atoms. The maximum atomic E-state index is 12.4. The van der Waals surface area contributed by atoms with Crippen molar-refractivity contribution in [3.8, 4) is 0 Å². The second-order valence-corrected chi connectivity index (χ2v) is 5.53. The number of carbonyl (C=O) groups is 1. The quantitative estimate of drug-likeness (QED) is 0.311. The van der Waals surface area contributed by atoms with Gasteiger partial charge >= 0.3 is 0 Å². The molecular weight excluding hydrogens is 266 g/mol. The first-order chi connectivity index (χ1) is 9.99. The zero-order chi connectivity index (χ0) is 15.8. The zero-order valence-corrected chi connectivity index (χ0v) is 12.9. The number of amides is 1. The van der Waals surface area contributed by atoms with Crippen LogP contribution >= 0.6 is 0 Å². The number of nitrogens with zero attached hydrogens (tertiary/aromatic N) is 1. The first kappa shape index (κ1) is 17.0. The first-order valence-electron chi connectivity index (χ1n) is 7.31. The molecule has 1 rings (SSSR count). The van der Waals surface area contributed by atoms with Gasteiger partial charge in [-0.25, -0.2) is 0 Å². The number of rotatable bonds is 7. The van der Waals surface area contributed by atoms with E-state index in [1.807, 2.05) is 37.3 Å². The standard InChI is InChI=1S/C16H25N3O2/c1-4-14(11(2)3)18-16(20)13(15(17)19-21)10-12-8-6-5-7-9-12/h5-9,11,13-14,21H,4,10H2,1-3H3,(H2,17,19)(H,18,20). The van der Waals surface area contributed by atoms with E-state index >= 15 is 0 Å². The normalized spacial score (nSPS) is 14.8. The maximum Gasteiger partial charge on any atom is 0.231 e. The Balaban J connectivity index is 2.85. The van der Waals surface area contributed by atoms with E-state index in [1.165, 1.54) is 0 Å². The van der Waals surface area contributed by atoms with Crippen LogP contribution in [0.1, 0.15) is 32.8 Å². The van der Waals surface area contributed by atoms with Crippen molar-refractivity contribution in [2.24, 2.45) is 22.7 Å². The highest BCUT2D eigenvalue weighted by atomic mass is 16.4. The summed E-state index contributed by atoms with van der Waals surface area (Å²) in [4.78, 5) is 12.4. The minimum absolute atomic E-state index is 0.0602. The summed E-state index contributed by atoms with van der Waals surface area (Å²) in [6.45, 7) is 6.15. The van der Waals surface area contributed by atoms with Gasteiger partial charge < -0.3 is 16.3 Å². The molecule has 0 saturated carbocycles. The van der Waals surface area contributed by atoms with Crippen LogP contribution in [0.5, 0.6) is 0 Å². The molecule has 4 N–H and O–H groups in total. The Hall–Kier alpha value is -2.04.